The second kappa shape index (κ2) is 35.9. The lowest BCUT2D eigenvalue weighted by atomic mass is 9.67. The monoisotopic (exact) mass is 1840 g/mol. The van der Waals surface area contributed by atoms with Crippen LogP contribution in [-0.2, 0) is 94.0 Å². The molecule has 21 rings (SSSR count). The van der Waals surface area contributed by atoms with E-state index < -0.39 is 47.8 Å². The van der Waals surface area contributed by atoms with Gasteiger partial charge in [0.25, 0.3) is 17.7 Å². The summed E-state index contributed by atoms with van der Waals surface area (Å²) in [5.41, 5.74) is 10.4. The van der Waals surface area contributed by atoms with E-state index in [0.717, 1.165) is 223 Å². The Morgan fingerprint density at radius 1 is 0.373 bits per heavy atom. The van der Waals surface area contributed by atoms with E-state index in [4.69, 9.17) is 77.4 Å². The van der Waals surface area contributed by atoms with Crippen molar-refractivity contribution in [3.05, 3.63) is 174 Å². The highest BCUT2D eigenvalue weighted by Gasteiger charge is 2.52. The van der Waals surface area contributed by atoms with Crippen LogP contribution >= 0.6 is 34.8 Å². The summed E-state index contributed by atoms with van der Waals surface area (Å²) in [6, 6.07) is 34.5. The van der Waals surface area contributed by atoms with Gasteiger partial charge in [0.1, 0.15) is 17.2 Å². The highest BCUT2D eigenvalue weighted by atomic mass is 35.5. The maximum Gasteiger partial charge on any atom is 0.264 e. The molecule has 3 amide bonds. The highest BCUT2D eigenvalue weighted by molar-refractivity contribution is 7.90. The molecule has 678 valence electrons. The van der Waals surface area contributed by atoms with Crippen molar-refractivity contribution in [2.75, 3.05) is 111 Å². The van der Waals surface area contributed by atoms with Gasteiger partial charge in [-0.05, 0) is 296 Å². The Kier molecular flexibility index (Phi) is 25.2. The van der Waals surface area contributed by atoms with Gasteiger partial charge in [0.2, 0.25) is 30.1 Å². The number of rotatable bonds is 0. The zero-order chi connectivity index (χ0) is 87.2. The number of aryl methyl sites for hydroxylation is 3. The average Bonchev–Trinajstić information content (AvgIpc) is 1.59. The second-order valence-corrected chi connectivity index (χ2v) is 45.8. The summed E-state index contributed by atoms with van der Waals surface area (Å²) >= 11 is 19.2. The Labute approximate surface area is 755 Å². The molecule has 9 heterocycles. The zero-order valence-electron chi connectivity index (χ0n) is 72.1. The number of anilines is 3. The van der Waals surface area contributed by atoms with Crippen molar-refractivity contribution in [3.63, 3.8) is 0 Å². The fraction of sp³-hybridized carbons (Fsp3) is 0.594. The van der Waals surface area contributed by atoms with E-state index in [-0.39, 0.29) is 108 Å². The third-order valence-electron chi connectivity index (χ3n) is 30.5. The van der Waals surface area contributed by atoms with Gasteiger partial charge in [-0.1, -0.05) is 53.0 Å². The second-order valence-electron chi connectivity index (χ2n) is 39.0. The first-order valence-electron chi connectivity index (χ1n) is 45.9. The quantitative estimate of drug-likeness (QED) is 0.127. The van der Waals surface area contributed by atoms with Gasteiger partial charge >= 0.3 is 0 Å². The van der Waals surface area contributed by atoms with Gasteiger partial charge < -0.3 is 57.3 Å². The Balaban J connectivity index is 0.000000123. The minimum atomic E-state index is -3.87. The summed E-state index contributed by atoms with van der Waals surface area (Å²) in [5.74, 6) is 1.96. The molecular weight excluding hydrogens is 1730 g/mol. The van der Waals surface area contributed by atoms with Gasteiger partial charge in [0.05, 0.1) is 129 Å². The largest absolute Gasteiger partial charge is 0.490 e. The first kappa shape index (κ1) is 88.3. The smallest absolute Gasteiger partial charge is 0.264 e. The molecule has 9 aliphatic heterocycles. The molecule has 30 heteroatoms. The Bertz CT molecular complexity index is 4980. The minimum absolute atomic E-state index is 0.0430. The molecule has 12 bridgehead atoms. The van der Waals surface area contributed by atoms with Gasteiger partial charge in [-0.2, -0.15) is 0 Å². The number of nitrogens with one attached hydrogen (secondary N) is 3. The van der Waals surface area contributed by atoms with Crippen LogP contribution in [0.2, 0.25) is 15.1 Å². The number of sulfonamides is 3. The third-order valence-corrected chi connectivity index (χ3v) is 34.8. The number of ether oxygens (including phenoxy) is 9. The fourth-order valence-electron chi connectivity index (χ4n) is 23.9. The number of hydrogen-bond donors (Lipinski definition) is 3. The van der Waals surface area contributed by atoms with Crippen molar-refractivity contribution in [1.82, 2.24) is 14.2 Å². The Morgan fingerprint density at radius 2 is 0.667 bits per heavy atom. The maximum atomic E-state index is 13.2. The van der Waals surface area contributed by atoms with E-state index in [0.29, 0.717) is 72.0 Å². The van der Waals surface area contributed by atoms with Gasteiger partial charge in [0, 0.05) is 107 Å². The Morgan fingerprint density at radius 3 is 0.944 bits per heavy atom. The van der Waals surface area contributed by atoms with Gasteiger partial charge in [0.15, 0.2) is 0 Å². The van der Waals surface area contributed by atoms with Crippen molar-refractivity contribution >= 4 is 99.7 Å². The molecule has 6 aliphatic carbocycles. The summed E-state index contributed by atoms with van der Waals surface area (Å²) in [6.07, 6.45) is 20.5. The van der Waals surface area contributed by atoms with E-state index in [1.807, 2.05) is 36.4 Å². The standard InChI is InChI=1S/3C32H39ClN2O6S/c3*1-20-13-25-16-30(41-20)26-7-4-23(26)17-35-18-32(10-2-3-21-14-24(33)6-8-27(21)32)19-40-29-9-5-22(15-28(29)35)31(36)34-42(37,38)12-11-39-25/h3*5-6,8-9,14-15,20,23,25-26,30H,2-4,7,10-13,16-19H2,1H3,(H,34,36)/t20-,23+,25+,26-,30-,32+;20-,23-,25-,26+,30+,32-;20-,23-,25-,26+,30-,32-/m100/s1. The maximum absolute atomic E-state index is 13.2. The average molecular weight is 1850 g/mol. The lowest BCUT2D eigenvalue weighted by Gasteiger charge is -2.48. The van der Waals surface area contributed by atoms with E-state index in [9.17, 15) is 39.6 Å². The molecule has 126 heavy (non-hydrogen) atoms. The predicted molar refractivity (Wildman–Crippen MR) is 483 cm³/mol. The fourth-order valence-corrected chi connectivity index (χ4v) is 27.0. The summed E-state index contributed by atoms with van der Waals surface area (Å²) < 4.78 is 141. The van der Waals surface area contributed by atoms with E-state index in [1.54, 1.807) is 36.4 Å². The van der Waals surface area contributed by atoms with Crippen LogP contribution < -0.4 is 43.1 Å². The molecule has 3 saturated carbocycles. The summed E-state index contributed by atoms with van der Waals surface area (Å²) in [4.78, 5) is 46.8. The molecule has 3 N–H and O–H groups in total. The van der Waals surface area contributed by atoms with Crippen molar-refractivity contribution in [1.29, 1.82) is 0 Å². The van der Waals surface area contributed by atoms with Crippen LogP contribution in [0.5, 0.6) is 17.2 Å². The molecule has 0 unspecified atom stereocenters. The molecule has 6 fully saturated rings. The molecule has 18 atom stereocenters. The van der Waals surface area contributed by atoms with Crippen LogP contribution in [0.3, 0.4) is 0 Å². The summed E-state index contributed by atoms with van der Waals surface area (Å²) in [6.45, 7) is 12.6. The zero-order valence-corrected chi connectivity index (χ0v) is 76.8. The molecule has 15 aliphatic rings. The lowest BCUT2D eigenvalue weighted by Crippen LogP contribution is -2.51. The minimum Gasteiger partial charge on any atom is -0.490 e. The molecule has 3 saturated heterocycles. The van der Waals surface area contributed by atoms with Gasteiger partial charge in [-0.3, -0.25) is 14.4 Å². The van der Waals surface area contributed by atoms with Crippen LogP contribution in [0, 0.1) is 35.5 Å². The number of nitrogens with zero attached hydrogens (tertiary/aromatic N) is 3. The summed E-state index contributed by atoms with van der Waals surface area (Å²) in [5, 5.41) is 2.25. The first-order valence-corrected chi connectivity index (χ1v) is 52.0. The van der Waals surface area contributed by atoms with E-state index >= 15 is 0 Å². The molecule has 6 aromatic carbocycles. The molecule has 24 nitrogen and oxygen atoms in total. The van der Waals surface area contributed by atoms with Crippen molar-refractivity contribution in [2.45, 2.75) is 227 Å². The predicted octanol–water partition coefficient (Wildman–Crippen LogP) is 14.6. The molecular formula is C96H117Cl3N6O18S3. The van der Waals surface area contributed by atoms with Crippen LogP contribution in [0.1, 0.15) is 201 Å². The van der Waals surface area contributed by atoms with Crippen molar-refractivity contribution < 1.29 is 82.3 Å². The molecule has 0 aromatic heterocycles. The number of fused-ring (bicyclic) bond motifs is 21. The third kappa shape index (κ3) is 18.7. The highest BCUT2D eigenvalue weighted by Crippen LogP contribution is 2.54. The summed E-state index contributed by atoms with van der Waals surface area (Å²) in [7, 11) is -11.6. The lowest BCUT2D eigenvalue weighted by molar-refractivity contribution is -0.147. The molecule has 6 aromatic rings. The van der Waals surface area contributed by atoms with Crippen LogP contribution in [0.25, 0.3) is 0 Å². The normalized spacial score (nSPS) is 34.2. The van der Waals surface area contributed by atoms with Crippen molar-refractivity contribution in [2.24, 2.45) is 35.5 Å². The number of carbonyl (C=O) groups excluding carboxylic acids is 3. The Hall–Kier alpha value is -6.99. The van der Waals surface area contributed by atoms with Gasteiger partial charge in [-0.15, -0.1) is 0 Å². The van der Waals surface area contributed by atoms with E-state index in [1.165, 1.54) is 33.4 Å². The number of carbonyl (C=O) groups is 3. The topological polar surface area (TPSA) is 283 Å². The van der Waals surface area contributed by atoms with E-state index in [2.05, 4.69) is 86.0 Å². The van der Waals surface area contributed by atoms with Crippen LogP contribution in [0.4, 0.5) is 17.1 Å². The van der Waals surface area contributed by atoms with Crippen LogP contribution in [0.15, 0.2) is 109 Å². The molecule has 3 spiro atoms. The van der Waals surface area contributed by atoms with Crippen molar-refractivity contribution in [3.8, 4) is 17.2 Å². The van der Waals surface area contributed by atoms with Gasteiger partial charge in [-0.25, -0.2) is 39.4 Å². The SMILES string of the molecule is C[C@@H]1C[C@H]2C[C@@H](O1)[C@@H]1CC[C@H]1CN1C[C@@]3(CCCc4cc(Cl)ccc43)COc3ccc(cc31)C(=O)NS(=O)(=O)CCO2.C[C@H]1C[C@H]2C[C@@H](O1)[C@@H]1CC[C@H]1CN1C[C@@]3(CCCc4cc(Cl)ccc43)COc3ccc(cc31)C(=O)NS(=O)(=O)CCO2.C[C@H]1C[C@H]2C[C@H](O1)[C@@H]1CC[C@H]1CN1C[C@@]3(CCCc4cc(Cl)ccc43)COc3ccc(cc31)C(=O)NS(=O)(=O)CCO2. The molecule has 0 radical (unpaired) electrons. The number of amides is 3. The number of halogens is 3. The van der Waals surface area contributed by atoms with Crippen LogP contribution in [-0.4, -0.2) is 194 Å². The first-order chi connectivity index (χ1) is 60.5. The number of benzene rings is 6. The number of hydrogen-bond acceptors (Lipinski definition) is 21.